The van der Waals surface area contributed by atoms with Gasteiger partial charge in [0.15, 0.2) is 12.1 Å². The molecule has 2 fully saturated rings. The lowest BCUT2D eigenvalue weighted by molar-refractivity contribution is -0.0458. The monoisotopic (exact) mass is 750 g/mol. The van der Waals surface area contributed by atoms with Crippen LogP contribution < -0.4 is 10.6 Å². The van der Waals surface area contributed by atoms with Crippen LogP contribution in [0.3, 0.4) is 0 Å². The van der Waals surface area contributed by atoms with Crippen LogP contribution in [0.25, 0.3) is 11.1 Å². The molecule has 1 aliphatic carbocycles. The summed E-state index contributed by atoms with van der Waals surface area (Å²) in [6.07, 6.45) is 0.266. The van der Waals surface area contributed by atoms with E-state index < -0.39 is 11.7 Å². The van der Waals surface area contributed by atoms with E-state index in [0.29, 0.717) is 58.3 Å². The van der Waals surface area contributed by atoms with Gasteiger partial charge in [-0.05, 0) is 76.3 Å². The van der Waals surface area contributed by atoms with Gasteiger partial charge < -0.3 is 34.5 Å². The highest BCUT2D eigenvalue weighted by atomic mass is 33.1. The Kier molecular flexibility index (Phi) is 13.2. The molecule has 0 bridgehead atoms. The molecule has 1 unspecified atom stereocenters. The van der Waals surface area contributed by atoms with Crippen molar-refractivity contribution in [1.82, 2.24) is 20.4 Å². The number of allylic oxidation sites excluding steroid dienone is 1. The highest BCUT2D eigenvalue weighted by Crippen LogP contribution is 2.44. The number of ether oxygens (including phenoxy) is 4. The third-order valence-corrected chi connectivity index (χ3v) is 12.2. The lowest BCUT2D eigenvalue weighted by Gasteiger charge is -2.36. The zero-order valence-electron chi connectivity index (χ0n) is 31.2. The van der Waals surface area contributed by atoms with Crippen LogP contribution in [-0.2, 0) is 18.9 Å². The van der Waals surface area contributed by atoms with Gasteiger partial charge in [0, 0.05) is 43.5 Å². The summed E-state index contributed by atoms with van der Waals surface area (Å²) in [6.45, 7) is 25.7. The molecule has 2 heterocycles. The smallest absolute Gasteiger partial charge is 0.410 e. The van der Waals surface area contributed by atoms with Crippen LogP contribution in [0.4, 0.5) is 9.59 Å². The van der Waals surface area contributed by atoms with E-state index in [1.165, 1.54) is 22.3 Å². The first-order chi connectivity index (χ1) is 24.7. The van der Waals surface area contributed by atoms with Crippen molar-refractivity contribution in [2.75, 3.05) is 51.8 Å². The van der Waals surface area contributed by atoms with Gasteiger partial charge in [-0.25, -0.2) is 9.59 Å². The molecule has 0 spiro atoms. The van der Waals surface area contributed by atoms with Gasteiger partial charge in [0.05, 0.1) is 17.4 Å². The molecule has 2 saturated heterocycles. The minimum absolute atomic E-state index is 0.0374. The van der Waals surface area contributed by atoms with Gasteiger partial charge in [0.2, 0.25) is 0 Å². The highest BCUT2D eigenvalue weighted by Gasteiger charge is 2.44. The number of nitrogens with one attached hydrogen (secondary N) is 2. The second-order valence-electron chi connectivity index (χ2n) is 15.0. The number of hydrogen-bond donors (Lipinski definition) is 2. The van der Waals surface area contributed by atoms with Crippen LogP contribution in [0.2, 0.25) is 0 Å². The van der Waals surface area contributed by atoms with E-state index in [0.717, 1.165) is 23.4 Å². The molecule has 282 valence electrons. The van der Waals surface area contributed by atoms with Crippen molar-refractivity contribution in [1.29, 1.82) is 0 Å². The van der Waals surface area contributed by atoms with E-state index in [9.17, 15) is 9.59 Å². The normalized spacial score (nSPS) is 18.5. The molecule has 12 heteroatoms. The third kappa shape index (κ3) is 10.4. The number of carbonyl (C=O) groups is 2. The molecule has 0 saturated carbocycles. The summed E-state index contributed by atoms with van der Waals surface area (Å²) in [5.74, 6) is 1.44. The first kappa shape index (κ1) is 39.5. The maximum Gasteiger partial charge on any atom is 0.410 e. The van der Waals surface area contributed by atoms with Crippen LogP contribution >= 0.6 is 21.6 Å². The van der Waals surface area contributed by atoms with Gasteiger partial charge >= 0.3 is 12.2 Å². The molecule has 2 aliphatic heterocycles. The number of carbonyl (C=O) groups excluding carboxylic acids is 2. The topological polar surface area (TPSA) is 102 Å². The first-order valence-electron chi connectivity index (χ1n) is 17.9. The number of nitrogens with zero attached hydrogens (tertiary/aromatic N) is 2. The Balaban J connectivity index is 0.950. The molecule has 2 aromatic rings. The van der Waals surface area contributed by atoms with E-state index in [-0.39, 0.29) is 29.0 Å². The molecule has 52 heavy (non-hydrogen) atoms. The van der Waals surface area contributed by atoms with Crippen LogP contribution in [0.15, 0.2) is 85.4 Å². The van der Waals surface area contributed by atoms with E-state index in [1.807, 2.05) is 49.9 Å². The fraction of sp³-hybridized carbons (Fsp3) is 0.500. The Labute approximate surface area is 317 Å². The quantitative estimate of drug-likeness (QED) is 0.0763. The van der Waals surface area contributed by atoms with Gasteiger partial charge in [-0.15, -0.1) is 0 Å². The summed E-state index contributed by atoms with van der Waals surface area (Å²) in [4.78, 5) is 29.2. The maximum absolute atomic E-state index is 13.0. The van der Waals surface area contributed by atoms with Crippen LogP contribution in [-0.4, -0.2) is 96.4 Å². The molecule has 2 aromatic carbocycles. The van der Waals surface area contributed by atoms with Crippen LogP contribution in [0, 0.1) is 0 Å². The van der Waals surface area contributed by atoms with Gasteiger partial charge in [0.1, 0.15) is 18.8 Å². The molecule has 2 N–H and O–H groups in total. The van der Waals surface area contributed by atoms with Gasteiger partial charge in [-0.1, -0.05) is 88.8 Å². The number of hydrogen-bond acceptors (Lipinski definition) is 10. The van der Waals surface area contributed by atoms with E-state index in [4.69, 9.17) is 18.9 Å². The summed E-state index contributed by atoms with van der Waals surface area (Å²) < 4.78 is 23.4. The second kappa shape index (κ2) is 17.4. The fourth-order valence-electron chi connectivity index (χ4n) is 6.55. The minimum atomic E-state index is -0.591. The Morgan fingerprint density at radius 3 is 2.27 bits per heavy atom. The van der Waals surface area contributed by atoms with Gasteiger partial charge in [0.25, 0.3) is 0 Å². The molecule has 0 radical (unpaired) electrons. The zero-order chi connectivity index (χ0) is 37.5. The summed E-state index contributed by atoms with van der Waals surface area (Å²) in [7, 11) is 3.52. The van der Waals surface area contributed by atoms with E-state index in [1.54, 1.807) is 26.5 Å². The number of rotatable bonds is 16. The van der Waals surface area contributed by atoms with Crippen molar-refractivity contribution < 1.29 is 28.5 Å². The first-order valence-corrected chi connectivity index (χ1v) is 20.2. The third-order valence-electron chi connectivity index (χ3n) is 8.97. The van der Waals surface area contributed by atoms with Crippen molar-refractivity contribution in [3.63, 3.8) is 0 Å². The van der Waals surface area contributed by atoms with Crippen LogP contribution in [0.1, 0.15) is 64.5 Å². The standard InChI is InChI=1S/C40H54N4O6S2/c1-27-23-35(44(24-27)38(46)50-39(4,5)6)36-43(20-21-47-36)29(3)49-26-40(7,8)52-51-22-17-28(2)41-18-19-42-37(45)48-25-34-32-15-11-9-13-30(32)31-14-10-12-16-33(31)34/h9-16,34-36,41H,1-3,17-26H2,4-8H3,(H,42,45)/t35-,36?/m0/s1. The Morgan fingerprint density at radius 1 is 0.942 bits per heavy atom. The lowest BCUT2D eigenvalue weighted by Crippen LogP contribution is -2.50. The predicted molar refractivity (Wildman–Crippen MR) is 211 cm³/mol. The number of benzene rings is 2. The summed E-state index contributed by atoms with van der Waals surface area (Å²) in [6, 6.07) is 16.4. The molecule has 0 aromatic heterocycles. The minimum Gasteiger partial charge on any atom is -0.478 e. The molecule has 3 aliphatic rings. The van der Waals surface area contributed by atoms with Crippen molar-refractivity contribution in [2.24, 2.45) is 0 Å². The van der Waals surface area contributed by atoms with Gasteiger partial charge in [-0.3, -0.25) is 4.90 Å². The molecule has 5 rings (SSSR count). The van der Waals surface area contributed by atoms with Crippen molar-refractivity contribution >= 4 is 33.8 Å². The Morgan fingerprint density at radius 2 is 1.60 bits per heavy atom. The zero-order valence-corrected chi connectivity index (χ0v) is 32.8. The van der Waals surface area contributed by atoms with Gasteiger partial charge in [-0.2, -0.15) is 0 Å². The molecular formula is C40H54N4O6S2. The average molecular weight is 751 g/mol. The summed E-state index contributed by atoms with van der Waals surface area (Å²) >= 11 is 0. The van der Waals surface area contributed by atoms with Crippen molar-refractivity contribution in [2.45, 2.75) is 76.0 Å². The molecule has 2 amide bonds. The predicted octanol–water partition coefficient (Wildman–Crippen LogP) is 7.89. The van der Waals surface area contributed by atoms with Crippen molar-refractivity contribution in [3.05, 3.63) is 96.5 Å². The molecule has 10 nitrogen and oxygen atoms in total. The number of fused-ring (bicyclic) bond motifs is 3. The fourth-order valence-corrected chi connectivity index (χ4v) is 8.99. The molecular weight excluding hydrogens is 697 g/mol. The SMILES string of the molecule is C=C1C[C@@H](C2OCCN2C(=C)OCC(C)(C)SSCCC(=C)NCCNC(=O)OCC2c3ccccc3-c3ccccc32)N(C(=O)OC(C)(C)C)C1. The highest BCUT2D eigenvalue weighted by molar-refractivity contribution is 8.77. The number of alkyl carbamates (subject to hydrolysis) is 1. The van der Waals surface area contributed by atoms with Crippen LogP contribution in [0.5, 0.6) is 0 Å². The Hall–Kier alpha value is -3.74. The summed E-state index contributed by atoms with van der Waals surface area (Å²) in [5.41, 5.74) is 6.09. The van der Waals surface area contributed by atoms with E-state index in [2.05, 4.69) is 68.5 Å². The molecule has 2 atom stereocenters. The maximum atomic E-state index is 13.0. The Bertz CT molecular complexity index is 1580. The summed E-state index contributed by atoms with van der Waals surface area (Å²) in [5, 5.41) is 6.14. The largest absolute Gasteiger partial charge is 0.478 e. The second-order valence-corrected chi connectivity index (χ2v) is 18.1. The van der Waals surface area contributed by atoms with Crippen molar-refractivity contribution in [3.8, 4) is 11.1 Å². The average Bonchev–Trinajstić information content (AvgIpc) is 3.82. The number of amides is 2. The lowest BCUT2D eigenvalue weighted by atomic mass is 9.98. The number of likely N-dealkylation sites (tertiary alicyclic amines) is 1. The van der Waals surface area contributed by atoms with E-state index >= 15 is 0 Å².